The average Bonchev–Trinajstić information content (AvgIpc) is 2.94. The highest BCUT2D eigenvalue weighted by Crippen LogP contribution is 2.32. The van der Waals surface area contributed by atoms with Crippen LogP contribution in [0.3, 0.4) is 0 Å². The molecule has 248 valence electrons. The van der Waals surface area contributed by atoms with Crippen molar-refractivity contribution in [2.24, 2.45) is 0 Å². The highest BCUT2D eigenvalue weighted by Gasteiger charge is 2.54. The van der Waals surface area contributed by atoms with Crippen molar-refractivity contribution < 1.29 is 78.9 Å². The van der Waals surface area contributed by atoms with Gasteiger partial charge >= 0.3 is 0 Å². The molecular weight excluding hydrogens is 586 g/mol. The van der Waals surface area contributed by atoms with Crippen LogP contribution in [0.1, 0.15) is 20.8 Å². The Morgan fingerprint density at radius 2 is 0.977 bits per heavy atom. The van der Waals surface area contributed by atoms with E-state index in [1.807, 2.05) is 0 Å². The number of carbonyl (C=O) groups excluding carboxylic acids is 3. The van der Waals surface area contributed by atoms with Gasteiger partial charge in [-0.15, -0.1) is 0 Å². The predicted molar refractivity (Wildman–Crippen MR) is 136 cm³/mol. The van der Waals surface area contributed by atoms with Gasteiger partial charge in [0.2, 0.25) is 17.7 Å². The molecule has 0 unspecified atom stereocenters. The van der Waals surface area contributed by atoms with E-state index in [9.17, 15) is 55.2 Å². The maximum absolute atomic E-state index is 12.1. The Balaban J connectivity index is 1.92. The number of ether oxygens (including phenoxy) is 5. The van der Waals surface area contributed by atoms with E-state index >= 15 is 0 Å². The lowest BCUT2D eigenvalue weighted by molar-refractivity contribution is -0.349. The molecule has 3 saturated heterocycles. The van der Waals surface area contributed by atoms with E-state index in [1.165, 1.54) is 0 Å². The molecule has 0 aromatic carbocycles. The average molecular weight is 628 g/mol. The minimum absolute atomic E-state index is 0.643. The number of nitrogens with one attached hydrogen (secondary N) is 3. The fourth-order valence-corrected chi connectivity index (χ4v) is 5.27. The van der Waals surface area contributed by atoms with Crippen molar-refractivity contribution in [3.63, 3.8) is 0 Å². The maximum atomic E-state index is 12.1. The Kier molecular flexibility index (Phi) is 12.5. The normalized spacial score (nSPS) is 43.5. The van der Waals surface area contributed by atoms with E-state index in [2.05, 4.69) is 16.0 Å². The van der Waals surface area contributed by atoms with Gasteiger partial charge in [0.05, 0.1) is 19.8 Å². The first-order valence-electron chi connectivity index (χ1n) is 13.5. The van der Waals surface area contributed by atoms with Gasteiger partial charge < -0.3 is 80.5 Å². The van der Waals surface area contributed by atoms with E-state index in [4.69, 9.17) is 23.7 Å². The van der Waals surface area contributed by atoms with Crippen molar-refractivity contribution in [2.75, 3.05) is 19.8 Å². The molecule has 19 heteroatoms. The Morgan fingerprint density at radius 3 is 1.47 bits per heavy atom. The molecule has 3 fully saturated rings. The third kappa shape index (κ3) is 8.14. The molecular formula is C24H41N3O16. The number of carbonyl (C=O) groups is 3. The van der Waals surface area contributed by atoms with Crippen molar-refractivity contribution >= 4 is 17.7 Å². The second-order valence-corrected chi connectivity index (χ2v) is 10.5. The molecule has 11 N–H and O–H groups in total. The maximum Gasteiger partial charge on any atom is 0.217 e. The molecule has 0 bridgehead atoms. The van der Waals surface area contributed by atoms with Crippen molar-refractivity contribution in [2.45, 2.75) is 113 Å². The molecule has 43 heavy (non-hydrogen) atoms. The molecule has 19 nitrogen and oxygen atoms in total. The molecule has 3 heterocycles. The number of aliphatic hydroxyl groups excluding tert-OH is 8. The monoisotopic (exact) mass is 627 g/mol. The fraction of sp³-hybridized carbons (Fsp3) is 0.875. The number of aliphatic hydroxyl groups is 8. The summed E-state index contributed by atoms with van der Waals surface area (Å²) in [5.41, 5.74) is 0. The number of hydrogen-bond donors (Lipinski definition) is 11. The summed E-state index contributed by atoms with van der Waals surface area (Å²) in [4.78, 5) is 35.7. The molecule has 0 radical (unpaired) electrons. The van der Waals surface area contributed by atoms with Gasteiger partial charge in [-0.25, -0.2) is 0 Å². The quantitative estimate of drug-likeness (QED) is 0.107. The Labute approximate surface area is 245 Å². The van der Waals surface area contributed by atoms with Gasteiger partial charge in [-0.05, 0) is 0 Å². The van der Waals surface area contributed by atoms with Crippen molar-refractivity contribution in [1.29, 1.82) is 0 Å². The number of hydrogen-bond acceptors (Lipinski definition) is 16. The van der Waals surface area contributed by atoms with Crippen LogP contribution < -0.4 is 16.0 Å². The minimum Gasteiger partial charge on any atom is -0.394 e. The van der Waals surface area contributed by atoms with Gasteiger partial charge in [-0.3, -0.25) is 14.4 Å². The SMILES string of the molecule is CC(=O)N[C@@H]1[C@@H](O[C@@H]2O[C@H](CO)[C@@H](O[C@H]3O[C@H](CO)[C@@H](O)[C@H](O)[C@H]3NC(C)=O)[C@H](O)[C@H]2NC(C)=O)[C@@H](O)[C@@H](CO)O[C@@H]1O. The second kappa shape index (κ2) is 15.3. The van der Waals surface area contributed by atoms with Crippen molar-refractivity contribution in [1.82, 2.24) is 16.0 Å². The zero-order chi connectivity index (χ0) is 32.2. The topological polar surface area (TPSA) is 295 Å². The third-order valence-corrected chi connectivity index (χ3v) is 7.30. The van der Waals surface area contributed by atoms with Gasteiger partial charge in [-0.2, -0.15) is 0 Å². The Bertz CT molecular complexity index is 962. The van der Waals surface area contributed by atoms with Crippen LogP contribution in [0.2, 0.25) is 0 Å². The van der Waals surface area contributed by atoms with Crippen LogP contribution in [0.25, 0.3) is 0 Å². The molecule has 3 rings (SSSR count). The highest BCUT2D eigenvalue weighted by molar-refractivity contribution is 5.74. The van der Waals surface area contributed by atoms with Crippen molar-refractivity contribution in [3.8, 4) is 0 Å². The molecule has 3 aliphatic heterocycles. The van der Waals surface area contributed by atoms with E-state index in [0.29, 0.717) is 0 Å². The summed E-state index contributed by atoms with van der Waals surface area (Å²) in [6, 6.07) is -4.33. The first kappa shape index (κ1) is 35.4. The molecule has 3 amide bonds. The first-order valence-corrected chi connectivity index (χ1v) is 13.5. The van der Waals surface area contributed by atoms with Crippen LogP contribution in [-0.2, 0) is 38.1 Å². The fourth-order valence-electron chi connectivity index (χ4n) is 5.27. The highest BCUT2D eigenvalue weighted by atomic mass is 16.7. The Morgan fingerprint density at radius 1 is 0.558 bits per heavy atom. The minimum atomic E-state index is -1.78. The zero-order valence-corrected chi connectivity index (χ0v) is 23.6. The zero-order valence-electron chi connectivity index (χ0n) is 23.6. The summed E-state index contributed by atoms with van der Waals surface area (Å²) >= 11 is 0. The van der Waals surface area contributed by atoms with Crippen LogP contribution in [0.4, 0.5) is 0 Å². The second-order valence-electron chi connectivity index (χ2n) is 10.5. The lowest BCUT2D eigenvalue weighted by Crippen LogP contribution is -2.71. The standard InChI is InChI=1S/C24H41N3O16/c1-7(31)25-13-18(36)16(34)10(4-28)40-23(13)42-20-12(6-30)41-24(14(19(20)37)26-8(2)32)43-21-15(27-9(3)33)22(38)39-11(5-29)17(21)35/h10-24,28-30,34-38H,4-6H2,1-3H3,(H,25,31)(H,26,32)(H,27,33)/t10-,11-,12-,13-,14-,15-,16-,17+,18-,19-,20-,21-,22+,23-,24+/m1/s1. The molecule has 0 spiro atoms. The lowest BCUT2D eigenvalue weighted by atomic mass is 9.93. The van der Waals surface area contributed by atoms with Crippen LogP contribution in [0.5, 0.6) is 0 Å². The summed E-state index contributed by atoms with van der Waals surface area (Å²) < 4.78 is 28.2. The van der Waals surface area contributed by atoms with Crippen LogP contribution >= 0.6 is 0 Å². The summed E-state index contributed by atoms with van der Waals surface area (Å²) in [5, 5.41) is 90.0. The molecule has 0 saturated carbocycles. The van der Waals surface area contributed by atoms with Crippen LogP contribution in [0.15, 0.2) is 0 Å². The van der Waals surface area contributed by atoms with Gasteiger partial charge in [0.25, 0.3) is 0 Å². The summed E-state index contributed by atoms with van der Waals surface area (Å²) in [6.45, 7) is 0.996. The van der Waals surface area contributed by atoms with Crippen LogP contribution in [0, 0.1) is 0 Å². The largest absolute Gasteiger partial charge is 0.394 e. The van der Waals surface area contributed by atoms with Gasteiger partial charge in [0.15, 0.2) is 18.9 Å². The van der Waals surface area contributed by atoms with E-state index in [0.717, 1.165) is 20.8 Å². The van der Waals surface area contributed by atoms with E-state index in [-0.39, 0.29) is 0 Å². The molecule has 3 aliphatic rings. The molecule has 0 aromatic rings. The lowest BCUT2D eigenvalue weighted by Gasteiger charge is -2.50. The molecule has 0 aromatic heterocycles. The van der Waals surface area contributed by atoms with Gasteiger partial charge in [0.1, 0.15) is 73.1 Å². The van der Waals surface area contributed by atoms with E-state index in [1.54, 1.807) is 0 Å². The predicted octanol–water partition coefficient (Wildman–Crippen LogP) is -7.14. The van der Waals surface area contributed by atoms with Crippen LogP contribution in [-0.4, -0.2) is 170 Å². The molecule has 0 aliphatic carbocycles. The van der Waals surface area contributed by atoms with Crippen molar-refractivity contribution in [3.05, 3.63) is 0 Å². The smallest absolute Gasteiger partial charge is 0.217 e. The summed E-state index contributed by atoms with van der Waals surface area (Å²) in [6.07, 6.45) is -19.1. The first-order chi connectivity index (χ1) is 20.2. The summed E-state index contributed by atoms with van der Waals surface area (Å²) in [5.74, 6) is -1.98. The number of amides is 3. The van der Waals surface area contributed by atoms with Gasteiger partial charge in [-0.1, -0.05) is 0 Å². The number of rotatable bonds is 10. The third-order valence-electron chi connectivity index (χ3n) is 7.30. The summed E-state index contributed by atoms with van der Waals surface area (Å²) in [7, 11) is 0. The van der Waals surface area contributed by atoms with E-state index < -0.39 is 129 Å². The molecule has 15 atom stereocenters. The van der Waals surface area contributed by atoms with Gasteiger partial charge in [0, 0.05) is 20.8 Å². The Hall–Kier alpha value is -2.11.